The first kappa shape index (κ1) is 24.7. The van der Waals surface area contributed by atoms with Gasteiger partial charge in [-0.05, 0) is 30.7 Å². The first-order valence-electron chi connectivity index (χ1n) is 9.31. The van der Waals surface area contributed by atoms with Gasteiger partial charge in [0.05, 0.1) is 11.6 Å². The number of nitrogens with zero attached hydrogens (tertiary/aromatic N) is 1. The maximum absolute atomic E-state index is 8.89. The summed E-state index contributed by atoms with van der Waals surface area (Å²) < 4.78 is 0. The molecule has 0 saturated carbocycles. The number of rotatable bonds is 15. The van der Waals surface area contributed by atoms with Gasteiger partial charge in [-0.25, -0.2) is 0 Å². The van der Waals surface area contributed by atoms with Gasteiger partial charge in [0, 0.05) is 18.1 Å². The number of hydrogen-bond acceptors (Lipinski definition) is 4. The molecule has 0 heterocycles. The van der Waals surface area contributed by atoms with Crippen LogP contribution in [0, 0.1) is 11.3 Å². The van der Waals surface area contributed by atoms with E-state index in [1.165, 1.54) is 56.9 Å². The Morgan fingerprint density at radius 2 is 1.68 bits per heavy atom. The molecule has 0 atom stereocenters. The van der Waals surface area contributed by atoms with Gasteiger partial charge in [0.25, 0.3) is 0 Å². The van der Waals surface area contributed by atoms with E-state index in [4.69, 9.17) is 5.26 Å². The van der Waals surface area contributed by atoms with Crippen LogP contribution in [0.15, 0.2) is 24.3 Å². The van der Waals surface area contributed by atoms with Crippen LogP contribution in [-0.4, -0.2) is 18.8 Å². The molecule has 0 aromatic heterocycles. The van der Waals surface area contributed by atoms with Crippen molar-refractivity contribution in [1.82, 2.24) is 5.32 Å². The lowest BCUT2D eigenvalue weighted by Gasteiger charge is -2.05. The van der Waals surface area contributed by atoms with E-state index in [0.717, 1.165) is 30.2 Å². The van der Waals surface area contributed by atoms with E-state index in [1.54, 1.807) is 0 Å². The number of nitrogens with one attached hydrogen (secondary N) is 1. The molecule has 0 spiro atoms. The Hall–Kier alpha value is -0.340. The maximum Gasteiger partial charge on any atom is 0.0991 e. The van der Waals surface area contributed by atoms with Gasteiger partial charge in [-0.15, -0.1) is 12.4 Å². The number of benzene rings is 1. The average Bonchev–Trinajstić information content (AvgIpc) is 2.62. The first-order chi connectivity index (χ1) is 11.9. The number of halogens is 1. The molecular weight excluding hydrogens is 368 g/mol. The van der Waals surface area contributed by atoms with Crippen molar-refractivity contribution >= 4 is 34.0 Å². The minimum atomic E-state index is 0. The quantitative estimate of drug-likeness (QED) is 0.266. The largest absolute Gasteiger partial charge is 0.316 e. The summed E-state index contributed by atoms with van der Waals surface area (Å²) in [7, 11) is 3.79. The molecule has 0 aliphatic rings. The third-order valence-corrected chi connectivity index (χ3v) is 6.28. The van der Waals surface area contributed by atoms with Crippen LogP contribution in [-0.2, 0) is 5.75 Å². The second-order valence-electron chi connectivity index (χ2n) is 6.12. The van der Waals surface area contributed by atoms with E-state index < -0.39 is 0 Å². The Bertz CT molecular complexity index is 463. The molecule has 1 rings (SSSR count). The van der Waals surface area contributed by atoms with Crippen LogP contribution >= 0.6 is 34.0 Å². The molecule has 0 saturated heterocycles. The topological polar surface area (TPSA) is 35.8 Å². The Balaban J connectivity index is 0.00000576. The van der Waals surface area contributed by atoms with Crippen molar-refractivity contribution in [3.63, 3.8) is 0 Å². The highest BCUT2D eigenvalue weighted by atomic mass is 35.5. The van der Waals surface area contributed by atoms with E-state index >= 15 is 0 Å². The van der Waals surface area contributed by atoms with Crippen molar-refractivity contribution in [2.45, 2.75) is 64.0 Å². The molecule has 0 radical (unpaired) electrons. The highest BCUT2D eigenvalue weighted by molar-refractivity contribution is 8.76. The van der Waals surface area contributed by atoms with Crippen LogP contribution in [0.1, 0.15) is 69.4 Å². The summed E-state index contributed by atoms with van der Waals surface area (Å²) in [6, 6.07) is 10.1. The smallest absolute Gasteiger partial charge is 0.0991 e. The summed E-state index contributed by atoms with van der Waals surface area (Å²) in [4.78, 5) is 0. The summed E-state index contributed by atoms with van der Waals surface area (Å²) in [5.41, 5.74) is 1.99. The third kappa shape index (κ3) is 14.5. The molecule has 0 bridgehead atoms. The maximum atomic E-state index is 8.89. The molecule has 1 N–H and O–H groups in total. The zero-order valence-corrected chi connectivity index (χ0v) is 17.9. The molecule has 1 aromatic carbocycles. The Morgan fingerprint density at radius 3 is 2.40 bits per heavy atom. The predicted molar refractivity (Wildman–Crippen MR) is 118 cm³/mol. The standard InChI is InChI=1S/C20H32N2S2.ClH/c1-2-3-4-5-6-7-8-9-13-22-14-15-23-24-18-20-12-10-11-19(16-20)17-21;/h10-12,16,22H,2-9,13-15,18H2,1H3;1H. The second kappa shape index (κ2) is 18.5. The number of hydrogen-bond donors (Lipinski definition) is 1. The van der Waals surface area contributed by atoms with Crippen molar-refractivity contribution < 1.29 is 0 Å². The fraction of sp³-hybridized carbons (Fsp3) is 0.650. The average molecular weight is 401 g/mol. The third-order valence-electron chi connectivity index (χ3n) is 3.93. The number of nitriles is 1. The molecular formula is C20H33ClN2S2. The van der Waals surface area contributed by atoms with Gasteiger partial charge >= 0.3 is 0 Å². The van der Waals surface area contributed by atoms with Gasteiger partial charge < -0.3 is 5.32 Å². The van der Waals surface area contributed by atoms with E-state index in [9.17, 15) is 0 Å². The zero-order valence-electron chi connectivity index (χ0n) is 15.5. The summed E-state index contributed by atoms with van der Waals surface area (Å²) in [6.45, 7) is 4.52. The Labute approximate surface area is 168 Å². The lowest BCUT2D eigenvalue weighted by molar-refractivity contribution is 0.560. The van der Waals surface area contributed by atoms with Gasteiger partial charge in [0.1, 0.15) is 0 Å². The van der Waals surface area contributed by atoms with Crippen molar-refractivity contribution in [2.24, 2.45) is 0 Å². The molecule has 1 aromatic rings. The molecule has 0 amide bonds. The summed E-state index contributed by atoms with van der Waals surface area (Å²) in [6.07, 6.45) is 11.1. The highest BCUT2D eigenvalue weighted by Crippen LogP contribution is 2.25. The molecule has 5 heteroatoms. The predicted octanol–water partition coefficient (Wildman–Crippen LogP) is 6.59. The lowest BCUT2D eigenvalue weighted by Crippen LogP contribution is -2.18. The van der Waals surface area contributed by atoms with E-state index in [1.807, 2.05) is 39.8 Å². The van der Waals surface area contributed by atoms with Gasteiger partial charge in [0.2, 0.25) is 0 Å². The first-order valence-corrected chi connectivity index (χ1v) is 11.8. The molecule has 0 aliphatic heterocycles. The van der Waals surface area contributed by atoms with Crippen LogP contribution < -0.4 is 5.32 Å². The van der Waals surface area contributed by atoms with E-state index in [-0.39, 0.29) is 12.4 Å². The lowest BCUT2D eigenvalue weighted by atomic mass is 10.1. The van der Waals surface area contributed by atoms with Crippen LogP contribution in [0.4, 0.5) is 0 Å². The van der Waals surface area contributed by atoms with Crippen LogP contribution in [0.5, 0.6) is 0 Å². The fourth-order valence-electron chi connectivity index (χ4n) is 2.52. The van der Waals surface area contributed by atoms with Crippen LogP contribution in [0.3, 0.4) is 0 Å². The second-order valence-corrected chi connectivity index (χ2v) is 8.70. The van der Waals surface area contributed by atoms with Gasteiger partial charge in [-0.1, -0.05) is 85.6 Å². The normalized spacial score (nSPS) is 10.2. The van der Waals surface area contributed by atoms with Gasteiger partial charge in [-0.2, -0.15) is 5.26 Å². The van der Waals surface area contributed by atoms with Gasteiger partial charge in [0.15, 0.2) is 0 Å². The molecule has 25 heavy (non-hydrogen) atoms. The van der Waals surface area contributed by atoms with Crippen molar-refractivity contribution in [3.05, 3.63) is 35.4 Å². The number of unbranched alkanes of at least 4 members (excludes halogenated alkanes) is 7. The highest BCUT2D eigenvalue weighted by Gasteiger charge is 1.97. The summed E-state index contributed by atoms with van der Waals surface area (Å²) >= 11 is 0. The van der Waals surface area contributed by atoms with E-state index in [2.05, 4.69) is 24.4 Å². The van der Waals surface area contributed by atoms with E-state index in [0.29, 0.717) is 0 Å². The minimum Gasteiger partial charge on any atom is -0.316 e. The van der Waals surface area contributed by atoms with Crippen LogP contribution in [0.2, 0.25) is 0 Å². The SMILES string of the molecule is CCCCCCCCCCNCCSSCc1cccc(C#N)c1.Cl. The van der Waals surface area contributed by atoms with Crippen molar-refractivity contribution in [2.75, 3.05) is 18.8 Å². The fourth-order valence-corrected chi connectivity index (χ4v) is 4.53. The molecule has 0 aliphatic carbocycles. The summed E-state index contributed by atoms with van der Waals surface area (Å²) in [5.74, 6) is 2.11. The molecule has 142 valence electrons. The Morgan fingerprint density at radius 1 is 0.960 bits per heavy atom. The van der Waals surface area contributed by atoms with Crippen LogP contribution in [0.25, 0.3) is 0 Å². The zero-order chi connectivity index (χ0) is 17.3. The molecule has 0 unspecified atom stereocenters. The van der Waals surface area contributed by atoms with Gasteiger partial charge in [-0.3, -0.25) is 0 Å². The Kier molecular flexibility index (Phi) is 18.2. The molecule has 2 nitrogen and oxygen atoms in total. The van der Waals surface area contributed by atoms with Crippen molar-refractivity contribution in [3.8, 4) is 6.07 Å². The van der Waals surface area contributed by atoms with Crippen molar-refractivity contribution in [1.29, 1.82) is 5.26 Å². The molecule has 0 fully saturated rings. The monoisotopic (exact) mass is 400 g/mol. The summed E-state index contributed by atoms with van der Waals surface area (Å²) in [5, 5.41) is 12.4. The minimum absolute atomic E-state index is 0.